The second-order valence-electron chi connectivity index (χ2n) is 9.14. The van der Waals surface area contributed by atoms with Crippen molar-refractivity contribution in [2.75, 3.05) is 13.2 Å². The summed E-state index contributed by atoms with van der Waals surface area (Å²) in [7, 11) is 0. The minimum Gasteiger partial charge on any atom is -0.491 e. The molecule has 172 valence electrons. The molecular weight excluding hydrogens is 406 g/mol. The molecular formula is C28H34F2O2. The number of hydrogen-bond donors (Lipinski definition) is 0. The van der Waals surface area contributed by atoms with Crippen molar-refractivity contribution in [2.45, 2.75) is 64.4 Å². The fourth-order valence-electron chi connectivity index (χ4n) is 5.41. The number of allylic oxidation sites excluding steroid dienone is 1. The third kappa shape index (κ3) is 5.06. The lowest BCUT2D eigenvalue weighted by Gasteiger charge is -2.37. The summed E-state index contributed by atoms with van der Waals surface area (Å²) in [5, 5.41) is 0. The third-order valence-corrected chi connectivity index (χ3v) is 7.23. The Labute approximate surface area is 190 Å². The summed E-state index contributed by atoms with van der Waals surface area (Å²) in [4.78, 5) is 0. The number of halogens is 2. The molecule has 0 radical (unpaired) electrons. The molecule has 2 atom stereocenters. The molecule has 2 nitrogen and oxygen atoms in total. The zero-order valence-electron chi connectivity index (χ0n) is 19.2. The van der Waals surface area contributed by atoms with Crippen LogP contribution in [0.15, 0.2) is 48.6 Å². The molecule has 2 aromatic rings. The Morgan fingerprint density at radius 1 is 0.906 bits per heavy atom. The molecule has 1 heterocycles. The Morgan fingerprint density at radius 3 is 2.25 bits per heavy atom. The fourth-order valence-corrected chi connectivity index (χ4v) is 5.41. The van der Waals surface area contributed by atoms with E-state index >= 15 is 0 Å². The van der Waals surface area contributed by atoms with Gasteiger partial charge in [0, 0.05) is 5.56 Å². The predicted molar refractivity (Wildman–Crippen MR) is 125 cm³/mol. The summed E-state index contributed by atoms with van der Waals surface area (Å²) in [5.74, 6) is 0.187. The molecule has 32 heavy (non-hydrogen) atoms. The van der Waals surface area contributed by atoms with Crippen molar-refractivity contribution >= 4 is 0 Å². The van der Waals surface area contributed by atoms with E-state index in [9.17, 15) is 8.78 Å². The van der Waals surface area contributed by atoms with Crippen molar-refractivity contribution in [2.24, 2.45) is 11.8 Å². The zero-order valence-corrected chi connectivity index (χ0v) is 19.2. The summed E-state index contributed by atoms with van der Waals surface area (Å²) >= 11 is 0. The van der Waals surface area contributed by atoms with E-state index in [1.165, 1.54) is 43.7 Å². The van der Waals surface area contributed by atoms with Gasteiger partial charge in [0.05, 0.1) is 19.3 Å². The van der Waals surface area contributed by atoms with Gasteiger partial charge in [0.15, 0.2) is 11.6 Å². The van der Waals surface area contributed by atoms with Crippen LogP contribution in [0, 0.1) is 23.5 Å². The molecule has 2 aliphatic rings. The molecule has 4 heteroatoms. The zero-order chi connectivity index (χ0) is 22.5. The van der Waals surface area contributed by atoms with Crippen LogP contribution in [0.3, 0.4) is 0 Å². The van der Waals surface area contributed by atoms with Crippen LogP contribution in [0.1, 0.15) is 63.9 Å². The monoisotopic (exact) mass is 440 g/mol. The molecule has 0 spiro atoms. The molecule has 1 aliphatic carbocycles. The van der Waals surface area contributed by atoms with Crippen LogP contribution in [-0.4, -0.2) is 19.3 Å². The predicted octanol–water partition coefficient (Wildman–Crippen LogP) is 7.68. The highest BCUT2D eigenvalue weighted by molar-refractivity contribution is 5.65. The van der Waals surface area contributed by atoms with E-state index in [2.05, 4.69) is 31.2 Å². The number of ether oxygens (including phenoxy) is 2. The molecule has 0 bridgehead atoms. The Morgan fingerprint density at radius 2 is 1.62 bits per heavy atom. The average molecular weight is 441 g/mol. The molecule has 4 rings (SSSR count). The molecule has 2 fully saturated rings. The van der Waals surface area contributed by atoms with Crippen molar-refractivity contribution < 1.29 is 18.3 Å². The van der Waals surface area contributed by atoms with Gasteiger partial charge in [-0.15, -0.1) is 0 Å². The Hall–Kier alpha value is -2.20. The average Bonchev–Trinajstić information content (AvgIpc) is 2.83. The number of rotatable bonds is 6. The maximum absolute atomic E-state index is 14.5. The molecule has 1 saturated carbocycles. The van der Waals surface area contributed by atoms with Gasteiger partial charge in [-0.3, -0.25) is 0 Å². The molecule has 0 N–H and O–H groups in total. The Balaban J connectivity index is 1.35. The first kappa shape index (κ1) is 23.0. The summed E-state index contributed by atoms with van der Waals surface area (Å²) in [6.07, 6.45) is 11.8. The normalized spacial score (nSPS) is 26.4. The van der Waals surface area contributed by atoms with Crippen molar-refractivity contribution in [3.63, 3.8) is 0 Å². The van der Waals surface area contributed by atoms with Crippen LogP contribution in [0.25, 0.3) is 11.1 Å². The van der Waals surface area contributed by atoms with E-state index in [0.29, 0.717) is 30.1 Å². The van der Waals surface area contributed by atoms with E-state index < -0.39 is 11.6 Å². The SMILES string of the molecule is C/C=C/C1CCC(C2CCC(c3ccc(-c4ccc(OCC)c(F)c4F)cc3)CC2)CO1. The quantitative estimate of drug-likeness (QED) is 0.429. The molecule has 2 aromatic carbocycles. The van der Waals surface area contributed by atoms with Gasteiger partial charge in [-0.2, -0.15) is 4.39 Å². The first-order chi connectivity index (χ1) is 15.6. The molecule has 0 aromatic heterocycles. The maximum Gasteiger partial charge on any atom is 0.201 e. The van der Waals surface area contributed by atoms with Gasteiger partial charge in [0.2, 0.25) is 5.82 Å². The smallest absolute Gasteiger partial charge is 0.201 e. The topological polar surface area (TPSA) is 18.5 Å². The summed E-state index contributed by atoms with van der Waals surface area (Å²) in [5.41, 5.74) is 2.26. The van der Waals surface area contributed by atoms with Gasteiger partial charge in [-0.25, -0.2) is 4.39 Å². The Bertz CT molecular complexity index is 906. The highest BCUT2D eigenvalue weighted by Gasteiger charge is 2.31. The second-order valence-corrected chi connectivity index (χ2v) is 9.14. The minimum absolute atomic E-state index is 0.0390. The largest absolute Gasteiger partial charge is 0.491 e. The highest BCUT2D eigenvalue weighted by Crippen LogP contribution is 2.42. The maximum atomic E-state index is 14.5. The van der Waals surface area contributed by atoms with Crippen LogP contribution >= 0.6 is 0 Å². The Kier molecular flexibility index (Phi) is 7.62. The molecule has 1 saturated heterocycles. The molecule has 1 aliphatic heterocycles. The van der Waals surface area contributed by atoms with Crippen molar-refractivity contribution in [1.29, 1.82) is 0 Å². The number of benzene rings is 2. The molecule has 0 amide bonds. The van der Waals surface area contributed by atoms with E-state index in [4.69, 9.17) is 9.47 Å². The van der Waals surface area contributed by atoms with Crippen LogP contribution in [0.2, 0.25) is 0 Å². The number of hydrogen-bond acceptors (Lipinski definition) is 2. The van der Waals surface area contributed by atoms with Crippen LogP contribution in [0.4, 0.5) is 8.78 Å². The van der Waals surface area contributed by atoms with E-state index in [0.717, 1.165) is 18.9 Å². The van der Waals surface area contributed by atoms with Gasteiger partial charge < -0.3 is 9.47 Å². The highest BCUT2D eigenvalue weighted by atomic mass is 19.2. The fraction of sp³-hybridized carbons (Fsp3) is 0.500. The first-order valence-electron chi connectivity index (χ1n) is 12.1. The van der Waals surface area contributed by atoms with Crippen LogP contribution in [0.5, 0.6) is 5.75 Å². The lowest BCUT2D eigenvalue weighted by molar-refractivity contribution is -0.0149. The van der Waals surface area contributed by atoms with Gasteiger partial charge >= 0.3 is 0 Å². The van der Waals surface area contributed by atoms with E-state index in [-0.39, 0.29) is 11.3 Å². The van der Waals surface area contributed by atoms with Crippen molar-refractivity contribution in [1.82, 2.24) is 0 Å². The van der Waals surface area contributed by atoms with Crippen LogP contribution < -0.4 is 4.74 Å². The van der Waals surface area contributed by atoms with Gasteiger partial charge in [-0.05, 0) is 93.4 Å². The van der Waals surface area contributed by atoms with Crippen molar-refractivity contribution in [3.8, 4) is 16.9 Å². The van der Waals surface area contributed by atoms with Gasteiger partial charge in [0.1, 0.15) is 0 Å². The standard InChI is InChI=1S/C28H34F2O2/c1-3-5-24-15-14-23(18-32-24)21-8-6-19(7-9-21)20-10-12-22(13-11-20)25-16-17-26(31-4-2)28(30)27(25)29/h3,5,10-13,16-17,19,21,23-24H,4,6-9,14-15,18H2,1-2H3/b5-3+. The van der Waals surface area contributed by atoms with Crippen LogP contribution in [-0.2, 0) is 4.74 Å². The third-order valence-electron chi connectivity index (χ3n) is 7.23. The first-order valence-corrected chi connectivity index (χ1v) is 12.1. The summed E-state index contributed by atoms with van der Waals surface area (Å²) in [6, 6.07) is 11.1. The van der Waals surface area contributed by atoms with Crippen molar-refractivity contribution in [3.05, 3.63) is 65.7 Å². The second kappa shape index (κ2) is 10.6. The van der Waals surface area contributed by atoms with E-state index in [1.54, 1.807) is 13.0 Å². The minimum atomic E-state index is -0.921. The van der Waals surface area contributed by atoms with Gasteiger partial charge in [0.25, 0.3) is 0 Å². The molecule has 2 unspecified atom stereocenters. The summed E-state index contributed by atoms with van der Waals surface area (Å²) < 4.78 is 40.0. The van der Waals surface area contributed by atoms with Gasteiger partial charge in [-0.1, -0.05) is 36.4 Å². The summed E-state index contributed by atoms with van der Waals surface area (Å²) in [6.45, 7) is 5.00. The lowest BCUT2D eigenvalue weighted by atomic mass is 9.72. The lowest BCUT2D eigenvalue weighted by Crippen LogP contribution is -2.31. The van der Waals surface area contributed by atoms with E-state index in [1.807, 2.05) is 12.1 Å².